The summed E-state index contributed by atoms with van der Waals surface area (Å²) >= 11 is 0. The smallest absolute Gasteiger partial charge is 0.267 e. The van der Waals surface area contributed by atoms with Gasteiger partial charge in [0.05, 0.1) is 11.4 Å². The Bertz CT molecular complexity index is 327. The van der Waals surface area contributed by atoms with Crippen LogP contribution in [0.25, 0.3) is 0 Å². The topological polar surface area (TPSA) is 74.6 Å². The molecule has 0 aromatic rings. The third-order valence-electron chi connectivity index (χ3n) is 3.98. The minimum Gasteiger partial charge on any atom is -0.393 e. The standard InChI is InChI=1S/C16H34O4S/c1-3-5-7-9-11-13-16(21(18,19)20)14-15(17)12-10-8-6-4-2/h15-17H,3-14H2,1-2H3,(H,18,19,20). The lowest BCUT2D eigenvalue weighted by molar-refractivity contribution is 0.147. The maximum atomic E-state index is 11.4. The number of hydrogen-bond acceptors (Lipinski definition) is 3. The van der Waals surface area contributed by atoms with Crippen molar-refractivity contribution in [3.8, 4) is 0 Å². The van der Waals surface area contributed by atoms with Gasteiger partial charge in [0.1, 0.15) is 0 Å². The number of aliphatic hydroxyl groups is 1. The number of unbranched alkanes of at least 4 members (excludes halogenated alkanes) is 7. The summed E-state index contributed by atoms with van der Waals surface area (Å²) < 4.78 is 32.1. The molecule has 0 heterocycles. The predicted molar refractivity (Wildman–Crippen MR) is 88.1 cm³/mol. The van der Waals surface area contributed by atoms with Gasteiger partial charge in [-0.1, -0.05) is 71.6 Å². The molecule has 0 saturated heterocycles. The summed E-state index contributed by atoms with van der Waals surface area (Å²) in [5, 5.41) is 9.14. The van der Waals surface area contributed by atoms with Crippen LogP contribution in [0.3, 0.4) is 0 Å². The summed E-state index contributed by atoms with van der Waals surface area (Å²) in [6.45, 7) is 4.26. The molecule has 0 aliphatic rings. The van der Waals surface area contributed by atoms with E-state index < -0.39 is 21.5 Å². The van der Waals surface area contributed by atoms with E-state index in [2.05, 4.69) is 13.8 Å². The van der Waals surface area contributed by atoms with Gasteiger partial charge in [0.2, 0.25) is 0 Å². The van der Waals surface area contributed by atoms with Crippen LogP contribution in [0.4, 0.5) is 0 Å². The molecule has 2 N–H and O–H groups in total. The fraction of sp³-hybridized carbons (Fsp3) is 1.00. The molecule has 0 aromatic carbocycles. The molecule has 0 bridgehead atoms. The first kappa shape index (κ1) is 20.9. The average Bonchev–Trinajstić information content (AvgIpc) is 2.41. The molecule has 5 heteroatoms. The van der Waals surface area contributed by atoms with E-state index in [9.17, 15) is 18.1 Å². The molecule has 0 aliphatic heterocycles. The van der Waals surface area contributed by atoms with Gasteiger partial charge in [-0.2, -0.15) is 8.42 Å². The van der Waals surface area contributed by atoms with Crippen molar-refractivity contribution in [2.24, 2.45) is 0 Å². The molecule has 0 amide bonds. The fourth-order valence-corrected chi connectivity index (χ4v) is 3.52. The van der Waals surface area contributed by atoms with Gasteiger partial charge in [-0.3, -0.25) is 4.55 Å². The summed E-state index contributed by atoms with van der Waals surface area (Å²) in [6.07, 6.45) is 10.1. The van der Waals surface area contributed by atoms with E-state index in [0.717, 1.165) is 57.8 Å². The van der Waals surface area contributed by atoms with Crippen LogP contribution in [-0.4, -0.2) is 29.4 Å². The Morgan fingerprint density at radius 1 is 0.810 bits per heavy atom. The summed E-state index contributed by atoms with van der Waals surface area (Å²) in [5.74, 6) is 0. The van der Waals surface area contributed by atoms with Gasteiger partial charge in [-0.15, -0.1) is 0 Å². The lowest BCUT2D eigenvalue weighted by Crippen LogP contribution is -2.26. The van der Waals surface area contributed by atoms with Crippen molar-refractivity contribution in [3.63, 3.8) is 0 Å². The van der Waals surface area contributed by atoms with Crippen molar-refractivity contribution < 1.29 is 18.1 Å². The molecule has 0 aromatic heterocycles. The van der Waals surface area contributed by atoms with Crippen molar-refractivity contribution >= 4 is 10.1 Å². The minimum atomic E-state index is -4.05. The number of hydrogen-bond donors (Lipinski definition) is 2. The molecular weight excluding hydrogens is 288 g/mol. The average molecular weight is 323 g/mol. The molecule has 21 heavy (non-hydrogen) atoms. The van der Waals surface area contributed by atoms with Crippen molar-refractivity contribution in [2.45, 2.75) is 102 Å². The van der Waals surface area contributed by atoms with Crippen molar-refractivity contribution in [3.05, 3.63) is 0 Å². The first-order valence-corrected chi connectivity index (χ1v) is 10.1. The molecule has 128 valence electrons. The van der Waals surface area contributed by atoms with E-state index in [-0.39, 0.29) is 6.42 Å². The highest BCUT2D eigenvalue weighted by atomic mass is 32.2. The van der Waals surface area contributed by atoms with Crippen molar-refractivity contribution in [2.75, 3.05) is 0 Å². The van der Waals surface area contributed by atoms with Crippen LogP contribution < -0.4 is 0 Å². The van der Waals surface area contributed by atoms with E-state index in [1.165, 1.54) is 0 Å². The molecule has 2 atom stereocenters. The lowest BCUT2D eigenvalue weighted by atomic mass is 10.0. The molecule has 4 nitrogen and oxygen atoms in total. The normalized spacial score (nSPS) is 15.0. The maximum absolute atomic E-state index is 11.4. The number of aliphatic hydroxyl groups excluding tert-OH is 1. The third kappa shape index (κ3) is 12.1. The lowest BCUT2D eigenvalue weighted by Gasteiger charge is -2.18. The predicted octanol–water partition coefficient (Wildman–Crippen LogP) is 4.32. The van der Waals surface area contributed by atoms with Crippen LogP contribution in [0, 0.1) is 0 Å². The molecule has 2 unspecified atom stereocenters. The summed E-state index contributed by atoms with van der Waals surface area (Å²) in [6, 6.07) is 0. The van der Waals surface area contributed by atoms with Gasteiger partial charge in [0.15, 0.2) is 0 Å². The van der Waals surface area contributed by atoms with E-state index in [4.69, 9.17) is 0 Å². The highest BCUT2D eigenvalue weighted by molar-refractivity contribution is 7.86. The second kappa shape index (κ2) is 12.4. The Labute approximate surface area is 131 Å². The summed E-state index contributed by atoms with van der Waals surface area (Å²) in [4.78, 5) is 0. The highest BCUT2D eigenvalue weighted by Gasteiger charge is 2.25. The third-order valence-corrected chi connectivity index (χ3v) is 5.25. The Hall–Kier alpha value is -0.130. The van der Waals surface area contributed by atoms with E-state index in [1.807, 2.05) is 0 Å². The summed E-state index contributed by atoms with van der Waals surface area (Å²) in [5.41, 5.74) is 0. The van der Waals surface area contributed by atoms with Gasteiger partial charge in [0.25, 0.3) is 10.1 Å². The van der Waals surface area contributed by atoms with Crippen molar-refractivity contribution in [1.82, 2.24) is 0 Å². The molecule has 0 rings (SSSR count). The molecule has 0 saturated carbocycles. The second-order valence-corrected chi connectivity index (χ2v) is 7.78. The molecule has 0 fully saturated rings. The first-order chi connectivity index (χ1) is 9.91. The van der Waals surface area contributed by atoms with Crippen LogP contribution in [0.2, 0.25) is 0 Å². The zero-order valence-corrected chi connectivity index (χ0v) is 14.6. The first-order valence-electron chi connectivity index (χ1n) is 8.56. The van der Waals surface area contributed by atoms with Gasteiger partial charge in [0, 0.05) is 0 Å². The van der Waals surface area contributed by atoms with E-state index in [1.54, 1.807) is 0 Å². The molecule has 0 radical (unpaired) electrons. The quantitative estimate of drug-likeness (QED) is 0.369. The van der Waals surface area contributed by atoms with Crippen LogP contribution in [0.5, 0.6) is 0 Å². The summed E-state index contributed by atoms with van der Waals surface area (Å²) in [7, 11) is -4.05. The monoisotopic (exact) mass is 322 g/mol. The zero-order chi connectivity index (χ0) is 16.1. The highest BCUT2D eigenvalue weighted by Crippen LogP contribution is 2.19. The van der Waals surface area contributed by atoms with E-state index >= 15 is 0 Å². The van der Waals surface area contributed by atoms with E-state index in [0.29, 0.717) is 12.8 Å². The van der Waals surface area contributed by atoms with Gasteiger partial charge >= 0.3 is 0 Å². The van der Waals surface area contributed by atoms with Crippen LogP contribution in [0.1, 0.15) is 90.9 Å². The minimum absolute atomic E-state index is 0.165. The zero-order valence-electron chi connectivity index (χ0n) is 13.8. The number of rotatable bonds is 14. The van der Waals surface area contributed by atoms with Gasteiger partial charge < -0.3 is 5.11 Å². The molecular formula is C16H34O4S. The SMILES string of the molecule is CCCCCCCC(CC(O)CCCCCC)S(=O)(=O)O. The van der Waals surface area contributed by atoms with Crippen LogP contribution >= 0.6 is 0 Å². The van der Waals surface area contributed by atoms with Crippen LogP contribution in [0.15, 0.2) is 0 Å². The largest absolute Gasteiger partial charge is 0.393 e. The van der Waals surface area contributed by atoms with Gasteiger partial charge in [-0.05, 0) is 19.3 Å². The fourth-order valence-electron chi connectivity index (χ4n) is 2.59. The van der Waals surface area contributed by atoms with Crippen LogP contribution in [-0.2, 0) is 10.1 Å². The second-order valence-electron chi connectivity index (χ2n) is 6.08. The van der Waals surface area contributed by atoms with Gasteiger partial charge in [-0.25, -0.2) is 0 Å². The Kier molecular flexibility index (Phi) is 12.3. The Balaban J connectivity index is 4.06. The molecule has 0 aliphatic carbocycles. The maximum Gasteiger partial charge on any atom is 0.267 e. The Morgan fingerprint density at radius 2 is 1.29 bits per heavy atom. The Morgan fingerprint density at radius 3 is 1.81 bits per heavy atom. The molecule has 0 spiro atoms. The van der Waals surface area contributed by atoms with Crippen molar-refractivity contribution in [1.29, 1.82) is 0 Å².